The van der Waals surface area contributed by atoms with Crippen molar-refractivity contribution >= 4 is 5.91 Å². The highest BCUT2D eigenvalue weighted by Crippen LogP contribution is 2.41. The molecule has 7 nitrogen and oxygen atoms in total. The van der Waals surface area contributed by atoms with E-state index in [0.29, 0.717) is 5.69 Å². The van der Waals surface area contributed by atoms with E-state index in [1.54, 1.807) is 14.0 Å². The standard InChI is InChI=1S/C21H24N4O3/c1-13-19(28-12-22-13)20(26)24-17-9-21(2,3)10-18-16(17)11-23-25(18)14-5-7-15(27-4)8-6-14/h5-8,11-12,17H,9-10H2,1-4H3,(H,24,26). The Morgan fingerprint density at radius 1 is 1.32 bits per heavy atom. The molecule has 7 heteroatoms. The van der Waals surface area contributed by atoms with E-state index in [1.165, 1.54) is 6.39 Å². The number of amides is 1. The third-order valence-electron chi connectivity index (χ3n) is 5.25. The Morgan fingerprint density at radius 3 is 2.71 bits per heavy atom. The van der Waals surface area contributed by atoms with Crippen molar-refractivity contribution in [2.24, 2.45) is 5.41 Å². The molecule has 4 rings (SSSR count). The molecule has 0 radical (unpaired) electrons. The second-order valence-corrected chi connectivity index (χ2v) is 7.99. The minimum Gasteiger partial charge on any atom is -0.497 e. The SMILES string of the molecule is COc1ccc(-n2ncc3c2CC(C)(C)CC3NC(=O)c2ocnc2C)cc1. The lowest BCUT2D eigenvalue weighted by atomic mass is 9.74. The number of aryl methyl sites for hydroxylation is 1. The molecule has 2 heterocycles. The number of fused-ring (bicyclic) bond motifs is 1. The molecule has 2 aromatic heterocycles. The first-order valence-electron chi connectivity index (χ1n) is 9.30. The van der Waals surface area contributed by atoms with Gasteiger partial charge in [0.25, 0.3) is 5.91 Å². The van der Waals surface area contributed by atoms with Crippen molar-refractivity contribution in [1.82, 2.24) is 20.1 Å². The number of ether oxygens (including phenoxy) is 1. The Labute approximate surface area is 163 Å². The second-order valence-electron chi connectivity index (χ2n) is 7.99. The Morgan fingerprint density at radius 2 is 2.07 bits per heavy atom. The molecule has 28 heavy (non-hydrogen) atoms. The Kier molecular flexibility index (Phi) is 4.45. The van der Waals surface area contributed by atoms with Gasteiger partial charge in [0, 0.05) is 5.56 Å². The van der Waals surface area contributed by atoms with Gasteiger partial charge < -0.3 is 14.5 Å². The molecule has 1 amide bonds. The van der Waals surface area contributed by atoms with Crippen molar-refractivity contribution in [2.75, 3.05) is 7.11 Å². The van der Waals surface area contributed by atoms with Gasteiger partial charge in [-0.15, -0.1) is 0 Å². The molecule has 0 saturated heterocycles. The quantitative estimate of drug-likeness (QED) is 0.747. The highest BCUT2D eigenvalue weighted by atomic mass is 16.5. The van der Waals surface area contributed by atoms with Crippen molar-refractivity contribution in [3.63, 3.8) is 0 Å². The van der Waals surface area contributed by atoms with Crippen LogP contribution in [0.25, 0.3) is 5.69 Å². The van der Waals surface area contributed by atoms with E-state index in [1.807, 2.05) is 35.1 Å². The van der Waals surface area contributed by atoms with E-state index >= 15 is 0 Å². The topological polar surface area (TPSA) is 82.2 Å². The zero-order valence-electron chi connectivity index (χ0n) is 16.5. The monoisotopic (exact) mass is 380 g/mol. The Balaban J connectivity index is 1.67. The summed E-state index contributed by atoms with van der Waals surface area (Å²) in [6.45, 7) is 6.18. The van der Waals surface area contributed by atoms with Gasteiger partial charge in [-0.25, -0.2) is 9.67 Å². The largest absolute Gasteiger partial charge is 0.497 e. The minimum absolute atomic E-state index is 0.0195. The van der Waals surface area contributed by atoms with Crippen LogP contribution in [0.5, 0.6) is 5.75 Å². The molecule has 1 atom stereocenters. The lowest BCUT2D eigenvalue weighted by Crippen LogP contribution is -2.36. The van der Waals surface area contributed by atoms with Gasteiger partial charge in [-0.2, -0.15) is 5.10 Å². The predicted octanol–water partition coefficient (Wildman–Crippen LogP) is 3.62. The number of carbonyl (C=O) groups is 1. The summed E-state index contributed by atoms with van der Waals surface area (Å²) in [6.07, 6.45) is 4.85. The Hall–Kier alpha value is -3.09. The number of carbonyl (C=O) groups excluding carboxylic acids is 1. The number of hydrogen-bond donors (Lipinski definition) is 1. The molecule has 1 aliphatic carbocycles. The normalized spacial score (nSPS) is 17.8. The first-order valence-corrected chi connectivity index (χ1v) is 9.30. The summed E-state index contributed by atoms with van der Waals surface area (Å²) in [5, 5.41) is 7.73. The van der Waals surface area contributed by atoms with Crippen LogP contribution < -0.4 is 10.1 Å². The Bertz CT molecular complexity index is 1000. The molecular formula is C21H24N4O3. The van der Waals surface area contributed by atoms with E-state index < -0.39 is 0 Å². The number of nitrogens with one attached hydrogen (secondary N) is 1. The number of aromatic nitrogens is 3. The van der Waals surface area contributed by atoms with Crippen LogP contribution in [0.1, 0.15) is 53.8 Å². The zero-order valence-corrected chi connectivity index (χ0v) is 16.5. The minimum atomic E-state index is -0.249. The summed E-state index contributed by atoms with van der Waals surface area (Å²) in [5.41, 5.74) is 3.73. The molecule has 0 saturated carbocycles. The molecular weight excluding hydrogens is 356 g/mol. The van der Waals surface area contributed by atoms with Crippen molar-refractivity contribution in [2.45, 2.75) is 39.7 Å². The van der Waals surface area contributed by atoms with E-state index in [0.717, 1.165) is 35.5 Å². The number of hydrogen-bond acceptors (Lipinski definition) is 5. The van der Waals surface area contributed by atoms with Crippen molar-refractivity contribution in [3.8, 4) is 11.4 Å². The van der Waals surface area contributed by atoms with Crippen LogP contribution in [0.2, 0.25) is 0 Å². The summed E-state index contributed by atoms with van der Waals surface area (Å²) < 4.78 is 12.4. The summed E-state index contributed by atoms with van der Waals surface area (Å²) in [7, 11) is 1.65. The molecule has 1 aliphatic rings. The van der Waals surface area contributed by atoms with E-state index in [-0.39, 0.29) is 23.1 Å². The molecule has 1 aromatic carbocycles. The smallest absolute Gasteiger partial charge is 0.289 e. The molecule has 0 spiro atoms. The van der Waals surface area contributed by atoms with Gasteiger partial charge >= 0.3 is 0 Å². The molecule has 146 valence electrons. The predicted molar refractivity (Wildman–Crippen MR) is 104 cm³/mol. The van der Waals surface area contributed by atoms with Gasteiger partial charge in [0.1, 0.15) is 5.75 Å². The van der Waals surface area contributed by atoms with Crippen LogP contribution in [0.3, 0.4) is 0 Å². The van der Waals surface area contributed by atoms with Gasteiger partial charge in [-0.05, 0) is 49.4 Å². The van der Waals surface area contributed by atoms with Crippen LogP contribution in [-0.4, -0.2) is 27.8 Å². The summed E-state index contributed by atoms with van der Waals surface area (Å²) in [5.74, 6) is 0.811. The van der Waals surface area contributed by atoms with Crippen molar-refractivity contribution < 1.29 is 13.9 Å². The maximum absolute atomic E-state index is 12.7. The molecule has 0 bridgehead atoms. The number of methoxy groups -OCH3 is 1. The highest BCUT2D eigenvalue weighted by Gasteiger charge is 2.36. The molecule has 0 aliphatic heterocycles. The van der Waals surface area contributed by atoms with E-state index in [2.05, 4.69) is 29.2 Å². The van der Waals surface area contributed by atoms with E-state index in [4.69, 9.17) is 9.15 Å². The molecule has 1 N–H and O–H groups in total. The summed E-state index contributed by atoms with van der Waals surface area (Å²) in [6, 6.07) is 7.67. The fourth-order valence-electron chi connectivity index (χ4n) is 3.86. The molecule has 3 aromatic rings. The highest BCUT2D eigenvalue weighted by molar-refractivity contribution is 5.92. The number of nitrogens with zero attached hydrogens (tertiary/aromatic N) is 3. The fraction of sp³-hybridized carbons (Fsp3) is 0.381. The number of oxazole rings is 1. The van der Waals surface area contributed by atoms with Crippen LogP contribution in [-0.2, 0) is 6.42 Å². The van der Waals surface area contributed by atoms with Gasteiger partial charge in [0.05, 0.1) is 36.4 Å². The third kappa shape index (κ3) is 3.28. The maximum Gasteiger partial charge on any atom is 0.289 e. The molecule has 1 unspecified atom stereocenters. The fourth-order valence-corrected chi connectivity index (χ4v) is 3.86. The second kappa shape index (κ2) is 6.82. The van der Waals surface area contributed by atoms with Crippen LogP contribution in [0, 0.1) is 12.3 Å². The van der Waals surface area contributed by atoms with Crippen LogP contribution >= 0.6 is 0 Å². The average Bonchev–Trinajstić information content (AvgIpc) is 3.27. The molecule has 0 fully saturated rings. The van der Waals surface area contributed by atoms with Gasteiger partial charge in [-0.3, -0.25) is 4.79 Å². The first kappa shape index (κ1) is 18.3. The summed E-state index contributed by atoms with van der Waals surface area (Å²) in [4.78, 5) is 16.7. The average molecular weight is 380 g/mol. The first-order chi connectivity index (χ1) is 13.4. The zero-order chi connectivity index (χ0) is 19.9. The van der Waals surface area contributed by atoms with Crippen molar-refractivity contribution in [3.05, 3.63) is 59.6 Å². The lowest BCUT2D eigenvalue weighted by Gasteiger charge is -2.35. The van der Waals surface area contributed by atoms with Crippen LogP contribution in [0.15, 0.2) is 41.3 Å². The lowest BCUT2D eigenvalue weighted by molar-refractivity contribution is 0.0890. The number of rotatable bonds is 4. The van der Waals surface area contributed by atoms with Gasteiger partial charge in [-0.1, -0.05) is 13.8 Å². The van der Waals surface area contributed by atoms with Crippen LogP contribution in [0.4, 0.5) is 0 Å². The third-order valence-corrected chi connectivity index (χ3v) is 5.25. The van der Waals surface area contributed by atoms with E-state index in [9.17, 15) is 4.79 Å². The van der Waals surface area contributed by atoms with Crippen molar-refractivity contribution in [1.29, 1.82) is 0 Å². The summed E-state index contributed by atoms with van der Waals surface area (Å²) >= 11 is 0. The number of benzene rings is 1. The maximum atomic E-state index is 12.7. The van der Waals surface area contributed by atoms with Gasteiger partial charge in [0.2, 0.25) is 5.76 Å². The van der Waals surface area contributed by atoms with Gasteiger partial charge in [0.15, 0.2) is 6.39 Å².